The summed E-state index contributed by atoms with van der Waals surface area (Å²) >= 11 is 0. The summed E-state index contributed by atoms with van der Waals surface area (Å²) in [5, 5.41) is 10.2. The van der Waals surface area contributed by atoms with E-state index in [1.165, 1.54) is 6.07 Å². The number of pyridine rings is 1. The third-order valence-corrected chi connectivity index (χ3v) is 5.45. The monoisotopic (exact) mass is 339 g/mol. The molecule has 0 amide bonds. The van der Waals surface area contributed by atoms with Gasteiger partial charge in [0.15, 0.2) is 0 Å². The summed E-state index contributed by atoms with van der Waals surface area (Å²) in [6.45, 7) is 9.38. The zero-order chi connectivity index (χ0) is 17.2. The second kappa shape index (κ2) is 7.08. The molecule has 1 atom stereocenters. The molecule has 0 aliphatic heterocycles. The summed E-state index contributed by atoms with van der Waals surface area (Å²) in [5.41, 5.74) is 7.25. The number of aliphatic hydroxyl groups excluding tert-OH is 1. The highest BCUT2D eigenvalue weighted by Gasteiger charge is 2.17. The molecule has 0 fully saturated rings. The van der Waals surface area contributed by atoms with Crippen LogP contribution in [0.15, 0.2) is 12.1 Å². The van der Waals surface area contributed by atoms with E-state index < -0.39 is 19.9 Å². The molecule has 0 bridgehead atoms. The summed E-state index contributed by atoms with van der Waals surface area (Å²) in [5.74, 6) is -0.422. The molecule has 0 saturated carbocycles. The normalized spacial score (nSPS) is 13.7. The molecule has 0 aliphatic carbocycles. The third-order valence-electron chi connectivity index (χ3n) is 3.75. The number of rotatable bonds is 7. The van der Waals surface area contributed by atoms with Crippen molar-refractivity contribution >= 4 is 19.1 Å². The molecule has 2 heterocycles. The summed E-state index contributed by atoms with van der Waals surface area (Å²) in [6, 6.07) is 3.72. The highest BCUT2D eigenvalue weighted by molar-refractivity contribution is 6.76. The van der Waals surface area contributed by atoms with Crippen LogP contribution in [0.2, 0.25) is 25.7 Å². The van der Waals surface area contributed by atoms with Crippen LogP contribution in [-0.2, 0) is 18.1 Å². The first kappa shape index (κ1) is 18.1. The number of nitrogens with two attached hydrogens (primary N) is 1. The lowest BCUT2D eigenvalue weighted by Gasteiger charge is -2.16. The van der Waals surface area contributed by atoms with Crippen LogP contribution < -0.4 is 5.73 Å². The quantitative estimate of drug-likeness (QED) is 0.601. The number of aromatic nitrogens is 2. The molecule has 0 saturated heterocycles. The Morgan fingerprint density at radius 3 is 2.65 bits per heavy atom. The summed E-state index contributed by atoms with van der Waals surface area (Å²) in [6.07, 6.45) is 0. The van der Waals surface area contributed by atoms with Crippen LogP contribution in [0, 0.1) is 5.82 Å². The fourth-order valence-corrected chi connectivity index (χ4v) is 3.11. The minimum absolute atomic E-state index is 0.150. The van der Waals surface area contributed by atoms with Crippen LogP contribution in [-0.4, -0.2) is 29.3 Å². The number of hydrogen-bond donors (Lipinski definition) is 2. The van der Waals surface area contributed by atoms with Crippen LogP contribution in [0.25, 0.3) is 11.0 Å². The number of halogens is 1. The molecular weight excluding hydrogens is 313 g/mol. The van der Waals surface area contributed by atoms with Crippen molar-refractivity contribution in [1.82, 2.24) is 9.55 Å². The summed E-state index contributed by atoms with van der Waals surface area (Å²) < 4.78 is 21.6. The molecule has 5 nitrogen and oxygen atoms in total. The van der Waals surface area contributed by atoms with E-state index >= 15 is 0 Å². The predicted molar refractivity (Wildman–Crippen MR) is 92.3 cm³/mol. The van der Waals surface area contributed by atoms with Gasteiger partial charge in [-0.15, -0.1) is 0 Å². The third kappa shape index (κ3) is 4.38. The van der Waals surface area contributed by atoms with Crippen LogP contribution >= 0.6 is 0 Å². The SMILES string of the molecule is C[C@@H](N)c1nc2c(cc1F)cc(CO)n2COCC[Si](C)(C)C. The largest absolute Gasteiger partial charge is 0.390 e. The van der Waals surface area contributed by atoms with Gasteiger partial charge in [-0.3, -0.25) is 0 Å². The van der Waals surface area contributed by atoms with Gasteiger partial charge >= 0.3 is 0 Å². The Balaban J connectivity index is 2.28. The van der Waals surface area contributed by atoms with E-state index in [9.17, 15) is 9.50 Å². The van der Waals surface area contributed by atoms with Crippen LogP contribution in [0.4, 0.5) is 4.39 Å². The molecule has 0 aromatic carbocycles. The summed E-state index contributed by atoms with van der Waals surface area (Å²) in [7, 11) is -1.15. The number of ether oxygens (including phenoxy) is 1. The Kier molecular flexibility index (Phi) is 5.56. The lowest BCUT2D eigenvalue weighted by molar-refractivity contribution is 0.0850. The molecule has 0 aliphatic rings. The van der Waals surface area contributed by atoms with Crippen molar-refractivity contribution < 1.29 is 14.2 Å². The fraction of sp³-hybridized carbons (Fsp3) is 0.562. The van der Waals surface area contributed by atoms with E-state index in [-0.39, 0.29) is 12.3 Å². The lowest BCUT2D eigenvalue weighted by Crippen LogP contribution is -2.22. The van der Waals surface area contributed by atoms with Crippen LogP contribution in [0.1, 0.15) is 24.4 Å². The van der Waals surface area contributed by atoms with Crippen molar-refractivity contribution in [3.05, 3.63) is 29.3 Å². The first-order valence-electron chi connectivity index (χ1n) is 7.85. The van der Waals surface area contributed by atoms with Gasteiger partial charge in [-0.25, -0.2) is 9.37 Å². The van der Waals surface area contributed by atoms with Crippen LogP contribution in [0.5, 0.6) is 0 Å². The highest BCUT2D eigenvalue weighted by atomic mass is 28.3. The maximum atomic E-state index is 14.0. The predicted octanol–water partition coefficient (Wildman–Crippen LogP) is 3.00. The second-order valence-corrected chi connectivity index (χ2v) is 12.7. The number of fused-ring (bicyclic) bond motifs is 1. The van der Waals surface area contributed by atoms with E-state index in [4.69, 9.17) is 10.5 Å². The van der Waals surface area contributed by atoms with Gasteiger partial charge in [-0.1, -0.05) is 19.6 Å². The van der Waals surface area contributed by atoms with Crippen molar-refractivity contribution in [1.29, 1.82) is 0 Å². The standard InChI is InChI=1S/C16H26FN3O2Si/c1-11(18)15-14(17)8-12-7-13(9-21)20(16(12)19-15)10-22-5-6-23(2,3)4/h7-8,11,21H,5-6,9-10,18H2,1-4H3/t11-/m1/s1. The summed E-state index contributed by atoms with van der Waals surface area (Å²) in [4.78, 5) is 4.35. The average molecular weight is 339 g/mol. The number of nitrogens with zero attached hydrogens (tertiary/aromatic N) is 2. The zero-order valence-electron chi connectivity index (χ0n) is 14.3. The van der Waals surface area contributed by atoms with Gasteiger partial charge in [0.25, 0.3) is 0 Å². The van der Waals surface area contributed by atoms with Crippen molar-refractivity contribution in [2.45, 2.75) is 52.0 Å². The first-order valence-corrected chi connectivity index (χ1v) is 11.6. The first-order chi connectivity index (χ1) is 10.7. The Bertz CT molecular complexity index is 680. The molecule has 0 unspecified atom stereocenters. The van der Waals surface area contributed by atoms with Gasteiger partial charge in [0, 0.05) is 31.8 Å². The molecule has 2 rings (SSSR count). The van der Waals surface area contributed by atoms with E-state index in [2.05, 4.69) is 24.6 Å². The Morgan fingerprint density at radius 1 is 1.39 bits per heavy atom. The maximum absolute atomic E-state index is 14.0. The molecular formula is C16H26FN3O2Si. The molecule has 128 valence electrons. The molecule has 0 radical (unpaired) electrons. The molecule has 2 aromatic heterocycles. The fourth-order valence-electron chi connectivity index (χ4n) is 2.35. The van der Waals surface area contributed by atoms with Gasteiger partial charge < -0.3 is 20.1 Å². The average Bonchev–Trinajstić information content (AvgIpc) is 2.78. The Labute approximate surface area is 137 Å². The van der Waals surface area contributed by atoms with Gasteiger partial charge in [-0.05, 0) is 25.1 Å². The lowest BCUT2D eigenvalue weighted by atomic mass is 10.2. The van der Waals surface area contributed by atoms with Crippen molar-refractivity contribution in [3.63, 3.8) is 0 Å². The van der Waals surface area contributed by atoms with E-state index in [1.807, 2.05) is 0 Å². The van der Waals surface area contributed by atoms with Gasteiger partial charge in [0.05, 0.1) is 12.3 Å². The van der Waals surface area contributed by atoms with Crippen LogP contribution in [0.3, 0.4) is 0 Å². The number of hydrogen-bond acceptors (Lipinski definition) is 4. The molecule has 3 N–H and O–H groups in total. The van der Waals surface area contributed by atoms with Crippen molar-refractivity contribution in [3.8, 4) is 0 Å². The van der Waals surface area contributed by atoms with Gasteiger partial charge in [0.2, 0.25) is 0 Å². The van der Waals surface area contributed by atoms with Crippen molar-refractivity contribution in [2.24, 2.45) is 5.73 Å². The molecule has 23 heavy (non-hydrogen) atoms. The minimum Gasteiger partial charge on any atom is -0.390 e. The second-order valence-electron chi connectivity index (χ2n) is 7.13. The van der Waals surface area contributed by atoms with E-state index in [1.54, 1.807) is 17.6 Å². The van der Waals surface area contributed by atoms with Gasteiger partial charge in [0.1, 0.15) is 18.2 Å². The highest BCUT2D eigenvalue weighted by Crippen LogP contribution is 2.23. The number of aliphatic hydroxyl groups is 1. The van der Waals surface area contributed by atoms with Gasteiger partial charge in [-0.2, -0.15) is 0 Å². The smallest absolute Gasteiger partial charge is 0.147 e. The molecule has 7 heteroatoms. The Hall–Kier alpha value is -1.28. The molecule has 2 aromatic rings. The van der Waals surface area contributed by atoms with Crippen molar-refractivity contribution in [2.75, 3.05) is 6.61 Å². The van der Waals surface area contributed by atoms with E-state index in [0.29, 0.717) is 30.1 Å². The topological polar surface area (TPSA) is 73.3 Å². The Morgan fingerprint density at radius 2 is 2.09 bits per heavy atom. The zero-order valence-corrected chi connectivity index (χ0v) is 15.3. The molecule has 0 spiro atoms. The maximum Gasteiger partial charge on any atom is 0.147 e. The van der Waals surface area contributed by atoms with E-state index in [0.717, 1.165) is 6.04 Å². The minimum atomic E-state index is -1.15.